The summed E-state index contributed by atoms with van der Waals surface area (Å²) in [6, 6.07) is 3.24. The fourth-order valence-corrected chi connectivity index (χ4v) is 2.02. The lowest BCUT2D eigenvalue weighted by molar-refractivity contribution is -0.387. The highest BCUT2D eigenvalue weighted by molar-refractivity contribution is 5.77. The van der Waals surface area contributed by atoms with Gasteiger partial charge in [-0.3, -0.25) is 19.7 Å². The zero-order valence-corrected chi connectivity index (χ0v) is 14.2. The largest absolute Gasteiger partial charge is 0.466 e. The molecule has 8 heteroatoms. The molecular formula is C17H22FNO6. The molecule has 0 aliphatic carbocycles. The van der Waals surface area contributed by atoms with Gasteiger partial charge in [0.25, 0.3) is 0 Å². The third-order valence-electron chi connectivity index (χ3n) is 3.40. The van der Waals surface area contributed by atoms with Crippen molar-refractivity contribution in [3.05, 3.63) is 39.7 Å². The molecule has 1 aromatic carbocycles. The van der Waals surface area contributed by atoms with Crippen molar-refractivity contribution < 1.29 is 28.4 Å². The van der Waals surface area contributed by atoms with E-state index in [-0.39, 0.29) is 19.4 Å². The van der Waals surface area contributed by atoms with E-state index in [2.05, 4.69) is 6.92 Å². The highest BCUT2D eigenvalue weighted by atomic mass is 19.1. The number of nitro groups is 1. The monoisotopic (exact) mass is 355 g/mol. The predicted octanol–water partition coefficient (Wildman–Crippen LogP) is 3.68. The van der Waals surface area contributed by atoms with E-state index in [1.165, 1.54) is 6.07 Å². The number of carbonyl (C=O) groups is 2. The van der Waals surface area contributed by atoms with E-state index in [1.807, 2.05) is 0 Å². The number of nitrogens with zero attached hydrogens (tertiary/aromatic N) is 1. The SMILES string of the molecule is CCCCCCOC(=O)CCC(=O)OCc1ccc(F)c([N+](=O)[O-])c1. The van der Waals surface area contributed by atoms with Gasteiger partial charge in [0.1, 0.15) is 6.61 Å². The molecule has 0 bridgehead atoms. The Labute approximate surface area is 145 Å². The van der Waals surface area contributed by atoms with Crippen molar-refractivity contribution in [1.82, 2.24) is 0 Å². The third kappa shape index (κ3) is 8.23. The summed E-state index contributed by atoms with van der Waals surface area (Å²) in [5.74, 6) is -2.05. The quantitative estimate of drug-likeness (QED) is 0.260. The molecule has 0 atom stereocenters. The van der Waals surface area contributed by atoms with Gasteiger partial charge >= 0.3 is 17.6 Å². The molecule has 0 unspecified atom stereocenters. The molecule has 1 rings (SSSR count). The van der Waals surface area contributed by atoms with Crippen LogP contribution in [0.3, 0.4) is 0 Å². The normalized spacial score (nSPS) is 10.3. The molecule has 0 fully saturated rings. The van der Waals surface area contributed by atoms with Crippen LogP contribution in [0, 0.1) is 15.9 Å². The molecule has 0 saturated carbocycles. The smallest absolute Gasteiger partial charge is 0.306 e. The molecule has 0 radical (unpaired) electrons. The molecule has 0 heterocycles. The van der Waals surface area contributed by atoms with Gasteiger partial charge in [0.15, 0.2) is 0 Å². The van der Waals surface area contributed by atoms with Gasteiger partial charge in [0.05, 0.1) is 24.4 Å². The molecule has 0 amide bonds. The maximum absolute atomic E-state index is 13.2. The number of rotatable bonds is 11. The number of unbranched alkanes of at least 4 members (excludes halogenated alkanes) is 3. The lowest BCUT2D eigenvalue weighted by Gasteiger charge is -2.06. The molecule has 0 aromatic heterocycles. The van der Waals surface area contributed by atoms with Crippen LogP contribution in [0.2, 0.25) is 0 Å². The summed E-state index contributed by atoms with van der Waals surface area (Å²) < 4.78 is 23.1. The van der Waals surface area contributed by atoms with Crippen molar-refractivity contribution in [2.75, 3.05) is 6.61 Å². The van der Waals surface area contributed by atoms with Crippen LogP contribution in [-0.4, -0.2) is 23.5 Å². The van der Waals surface area contributed by atoms with Crippen molar-refractivity contribution in [2.45, 2.75) is 52.1 Å². The Morgan fingerprint density at radius 1 is 1.12 bits per heavy atom. The summed E-state index contributed by atoms with van der Waals surface area (Å²) >= 11 is 0. The second-order valence-electron chi connectivity index (χ2n) is 5.48. The maximum Gasteiger partial charge on any atom is 0.306 e. The van der Waals surface area contributed by atoms with Gasteiger partial charge in [-0.15, -0.1) is 0 Å². The number of halogens is 1. The molecular weight excluding hydrogens is 333 g/mol. The van der Waals surface area contributed by atoms with Crippen molar-refractivity contribution in [3.8, 4) is 0 Å². The molecule has 25 heavy (non-hydrogen) atoms. The Kier molecular flexibility index (Phi) is 9.13. The molecule has 0 spiro atoms. The number of ether oxygens (including phenoxy) is 2. The molecule has 1 aromatic rings. The van der Waals surface area contributed by atoms with Gasteiger partial charge in [-0.1, -0.05) is 32.3 Å². The van der Waals surface area contributed by atoms with E-state index in [1.54, 1.807) is 0 Å². The van der Waals surface area contributed by atoms with E-state index in [9.17, 15) is 24.1 Å². The van der Waals surface area contributed by atoms with Gasteiger partial charge in [0, 0.05) is 6.07 Å². The highest BCUT2D eigenvalue weighted by Crippen LogP contribution is 2.19. The molecule has 7 nitrogen and oxygen atoms in total. The number of hydrogen-bond donors (Lipinski definition) is 0. The minimum Gasteiger partial charge on any atom is -0.466 e. The van der Waals surface area contributed by atoms with E-state index in [4.69, 9.17) is 9.47 Å². The van der Waals surface area contributed by atoms with Gasteiger partial charge in [0.2, 0.25) is 5.82 Å². The van der Waals surface area contributed by atoms with Crippen LogP contribution in [0.4, 0.5) is 10.1 Å². The van der Waals surface area contributed by atoms with Gasteiger partial charge < -0.3 is 9.47 Å². The van der Waals surface area contributed by atoms with Gasteiger partial charge in [-0.25, -0.2) is 0 Å². The van der Waals surface area contributed by atoms with E-state index < -0.39 is 28.4 Å². The third-order valence-corrected chi connectivity index (χ3v) is 3.40. The van der Waals surface area contributed by atoms with Crippen molar-refractivity contribution >= 4 is 17.6 Å². The number of esters is 2. The van der Waals surface area contributed by atoms with Crippen molar-refractivity contribution in [3.63, 3.8) is 0 Å². The lowest BCUT2D eigenvalue weighted by atomic mass is 10.2. The summed E-state index contributed by atoms with van der Waals surface area (Å²) in [5.41, 5.74) is -0.389. The van der Waals surface area contributed by atoms with Crippen molar-refractivity contribution in [1.29, 1.82) is 0 Å². The van der Waals surface area contributed by atoms with E-state index >= 15 is 0 Å². The van der Waals surface area contributed by atoms with E-state index in [0.29, 0.717) is 12.2 Å². The Bertz CT molecular complexity index is 605. The summed E-state index contributed by atoms with van der Waals surface area (Å²) in [6.07, 6.45) is 3.75. The van der Waals surface area contributed by atoms with Crippen LogP contribution in [0.15, 0.2) is 18.2 Å². The molecule has 0 saturated heterocycles. The zero-order chi connectivity index (χ0) is 18.7. The van der Waals surface area contributed by atoms with Crippen LogP contribution >= 0.6 is 0 Å². The second kappa shape index (κ2) is 11.1. The summed E-state index contributed by atoms with van der Waals surface area (Å²) in [4.78, 5) is 32.8. The maximum atomic E-state index is 13.2. The van der Waals surface area contributed by atoms with Gasteiger partial charge in [-0.05, 0) is 18.1 Å². The first-order valence-electron chi connectivity index (χ1n) is 8.18. The summed E-state index contributed by atoms with van der Waals surface area (Å²) in [6.45, 7) is 2.20. The van der Waals surface area contributed by atoms with Crippen LogP contribution in [0.5, 0.6) is 0 Å². The van der Waals surface area contributed by atoms with Gasteiger partial charge in [-0.2, -0.15) is 4.39 Å². The minimum atomic E-state index is -0.957. The minimum absolute atomic E-state index is 0.0871. The average Bonchev–Trinajstić information content (AvgIpc) is 2.58. The van der Waals surface area contributed by atoms with Crippen LogP contribution in [0.25, 0.3) is 0 Å². The molecule has 0 aliphatic rings. The first-order chi connectivity index (χ1) is 11.9. The Morgan fingerprint density at radius 3 is 2.44 bits per heavy atom. The molecule has 0 N–H and O–H groups in total. The standard InChI is InChI=1S/C17H22FNO6/c1-2-3-4-5-10-24-16(20)8-9-17(21)25-12-13-6-7-14(18)15(11-13)19(22)23/h6-7,11H,2-5,8-10,12H2,1H3. The summed E-state index contributed by atoms with van der Waals surface area (Å²) in [5, 5.41) is 10.6. The Hall–Kier alpha value is -2.51. The lowest BCUT2D eigenvalue weighted by Crippen LogP contribution is -2.11. The number of carbonyl (C=O) groups excluding carboxylic acids is 2. The van der Waals surface area contributed by atoms with Crippen LogP contribution < -0.4 is 0 Å². The Morgan fingerprint density at radius 2 is 1.80 bits per heavy atom. The number of nitro benzene ring substituents is 1. The Balaban J connectivity index is 2.28. The molecule has 138 valence electrons. The van der Waals surface area contributed by atoms with Crippen molar-refractivity contribution in [2.24, 2.45) is 0 Å². The predicted molar refractivity (Wildman–Crippen MR) is 87.2 cm³/mol. The van der Waals surface area contributed by atoms with Crippen LogP contribution in [0.1, 0.15) is 51.0 Å². The summed E-state index contributed by atoms with van der Waals surface area (Å²) in [7, 11) is 0. The highest BCUT2D eigenvalue weighted by Gasteiger charge is 2.15. The zero-order valence-electron chi connectivity index (χ0n) is 14.2. The topological polar surface area (TPSA) is 95.7 Å². The number of benzene rings is 1. The first kappa shape index (κ1) is 20.5. The second-order valence-corrected chi connectivity index (χ2v) is 5.48. The average molecular weight is 355 g/mol. The van der Waals surface area contributed by atoms with Crippen LogP contribution in [-0.2, 0) is 25.7 Å². The number of hydrogen-bond acceptors (Lipinski definition) is 6. The molecule has 0 aliphatic heterocycles. The first-order valence-corrected chi connectivity index (χ1v) is 8.18. The van der Waals surface area contributed by atoms with E-state index in [0.717, 1.165) is 37.8 Å². The fraction of sp³-hybridized carbons (Fsp3) is 0.529. The fourth-order valence-electron chi connectivity index (χ4n) is 2.02.